The number of carbonyl (C=O) groups excluding carboxylic acids is 1. The molecule has 0 amide bonds. The number of carbonyl (C=O) groups is 1. The number of Topliss-reactive ketones (excluding diaryl/α,β-unsaturated/α-hetero) is 1. The van der Waals surface area contributed by atoms with Crippen molar-refractivity contribution in [1.82, 2.24) is 4.72 Å². The van der Waals surface area contributed by atoms with E-state index >= 15 is 0 Å². The lowest BCUT2D eigenvalue weighted by molar-refractivity contribution is 0.0996. The lowest BCUT2D eigenvalue weighted by atomic mass is 10.1. The summed E-state index contributed by atoms with van der Waals surface area (Å²) in [6, 6.07) is 8.36. The topological polar surface area (TPSA) is 72.5 Å². The second kappa shape index (κ2) is 7.51. The summed E-state index contributed by atoms with van der Waals surface area (Å²) < 4.78 is 59.0. The largest absolute Gasteiger partial charge is 0.493 e. The molecule has 0 unspecified atom stereocenters. The van der Waals surface area contributed by atoms with Crippen molar-refractivity contribution < 1.29 is 26.7 Å². The number of hydrogen-bond donors (Lipinski definition) is 1. The van der Waals surface area contributed by atoms with Crippen molar-refractivity contribution in [3.63, 3.8) is 0 Å². The van der Waals surface area contributed by atoms with Gasteiger partial charge in [0.15, 0.2) is 5.78 Å². The van der Waals surface area contributed by atoms with E-state index in [4.69, 9.17) is 4.74 Å². The minimum absolute atomic E-state index is 0.0213. The van der Waals surface area contributed by atoms with Crippen LogP contribution in [-0.2, 0) is 10.0 Å². The van der Waals surface area contributed by atoms with Gasteiger partial charge in [-0.25, -0.2) is 21.9 Å². The van der Waals surface area contributed by atoms with Crippen molar-refractivity contribution in [2.75, 3.05) is 13.2 Å². The van der Waals surface area contributed by atoms with Gasteiger partial charge in [0.2, 0.25) is 10.0 Å². The van der Waals surface area contributed by atoms with E-state index in [0.29, 0.717) is 12.5 Å². The van der Waals surface area contributed by atoms with Crippen LogP contribution >= 0.6 is 0 Å². The quantitative estimate of drug-likeness (QED) is 0.714. The third-order valence-corrected chi connectivity index (χ3v) is 5.36. The van der Waals surface area contributed by atoms with E-state index in [1.807, 2.05) is 4.72 Å². The molecule has 1 fully saturated rings. The molecule has 1 N–H and O–H groups in total. The Hall–Kier alpha value is -2.32. The second-order valence-corrected chi connectivity index (χ2v) is 7.84. The van der Waals surface area contributed by atoms with Crippen molar-refractivity contribution in [3.8, 4) is 5.75 Å². The molecule has 0 spiro atoms. The zero-order valence-electron chi connectivity index (χ0n) is 13.7. The van der Waals surface area contributed by atoms with E-state index in [2.05, 4.69) is 0 Å². The second-order valence-electron chi connectivity index (χ2n) is 6.11. The lowest BCUT2D eigenvalue weighted by Gasteiger charge is -2.09. The van der Waals surface area contributed by atoms with Crippen LogP contribution in [0.25, 0.3) is 0 Å². The molecular formula is C18H17F2NO4S. The third kappa shape index (κ3) is 4.64. The van der Waals surface area contributed by atoms with Crippen LogP contribution in [0.1, 0.15) is 23.2 Å². The van der Waals surface area contributed by atoms with Gasteiger partial charge < -0.3 is 4.74 Å². The molecule has 0 bridgehead atoms. The molecule has 26 heavy (non-hydrogen) atoms. The minimum atomic E-state index is -4.20. The van der Waals surface area contributed by atoms with Crippen LogP contribution in [-0.4, -0.2) is 27.4 Å². The molecule has 0 saturated heterocycles. The summed E-state index contributed by atoms with van der Waals surface area (Å²) in [7, 11) is -4.20. The van der Waals surface area contributed by atoms with Gasteiger partial charge in [-0.1, -0.05) is 12.1 Å². The zero-order valence-corrected chi connectivity index (χ0v) is 14.6. The average molecular weight is 381 g/mol. The van der Waals surface area contributed by atoms with Crippen LogP contribution in [0.3, 0.4) is 0 Å². The number of rotatable bonds is 8. The molecule has 0 heterocycles. The fourth-order valence-corrected chi connectivity index (χ4v) is 3.37. The smallest absolute Gasteiger partial charge is 0.243 e. The third-order valence-electron chi connectivity index (χ3n) is 3.92. The van der Waals surface area contributed by atoms with Crippen molar-refractivity contribution in [1.29, 1.82) is 0 Å². The summed E-state index contributed by atoms with van der Waals surface area (Å²) in [6.07, 6.45) is 2.14. The average Bonchev–Trinajstić information content (AvgIpc) is 3.42. The normalized spacial score (nSPS) is 14.2. The maximum Gasteiger partial charge on any atom is 0.243 e. The highest BCUT2D eigenvalue weighted by Crippen LogP contribution is 2.30. The Kier molecular flexibility index (Phi) is 5.33. The fraction of sp³-hybridized carbons (Fsp3) is 0.278. The SMILES string of the molecule is O=C(CNS(=O)(=O)c1ccccc1F)c1cc(F)cc(OCC2CC2)c1. The van der Waals surface area contributed by atoms with Crippen molar-refractivity contribution in [3.05, 3.63) is 59.7 Å². The predicted octanol–water partition coefficient (Wildman–Crippen LogP) is 2.91. The first-order valence-electron chi connectivity index (χ1n) is 8.06. The number of hydrogen-bond acceptors (Lipinski definition) is 4. The highest BCUT2D eigenvalue weighted by molar-refractivity contribution is 7.89. The molecule has 0 radical (unpaired) electrons. The van der Waals surface area contributed by atoms with Crippen molar-refractivity contribution >= 4 is 15.8 Å². The van der Waals surface area contributed by atoms with Gasteiger partial charge >= 0.3 is 0 Å². The maximum atomic E-state index is 13.7. The monoisotopic (exact) mass is 381 g/mol. The Morgan fingerprint density at radius 2 is 1.88 bits per heavy atom. The Morgan fingerprint density at radius 3 is 2.58 bits per heavy atom. The van der Waals surface area contributed by atoms with Crippen molar-refractivity contribution in [2.45, 2.75) is 17.7 Å². The summed E-state index contributed by atoms with van der Waals surface area (Å²) in [5.41, 5.74) is -0.0213. The number of halogens is 2. The Labute approximate surface area is 150 Å². The fourth-order valence-electron chi connectivity index (χ4n) is 2.31. The number of nitrogens with one attached hydrogen (secondary N) is 1. The van der Waals surface area contributed by atoms with Gasteiger partial charge in [0, 0.05) is 11.6 Å². The molecule has 8 heteroatoms. The number of sulfonamides is 1. The van der Waals surface area contributed by atoms with E-state index < -0.39 is 38.9 Å². The molecule has 2 aromatic carbocycles. The van der Waals surface area contributed by atoms with Crippen molar-refractivity contribution in [2.24, 2.45) is 5.92 Å². The van der Waals surface area contributed by atoms with E-state index in [1.165, 1.54) is 24.3 Å². The number of ketones is 1. The van der Waals surface area contributed by atoms with E-state index in [0.717, 1.165) is 31.0 Å². The van der Waals surface area contributed by atoms with Crippen LogP contribution in [0, 0.1) is 17.6 Å². The molecule has 1 aliphatic carbocycles. The zero-order chi connectivity index (χ0) is 18.7. The summed E-state index contributed by atoms with van der Waals surface area (Å²) >= 11 is 0. The van der Waals surface area contributed by atoms with Gasteiger partial charge in [0.25, 0.3) is 0 Å². The molecule has 5 nitrogen and oxygen atoms in total. The van der Waals surface area contributed by atoms with E-state index in [9.17, 15) is 22.0 Å². The molecule has 1 saturated carbocycles. The van der Waals surface area contributed by atoms with E-state index in [1.54, 1.807) is 0 Å². The lowest BCUT2D eigenvalue weighted by Crippen LogP contribution is -2.30. The Bertz CT molecular complexity index is 927. The van der Waals surface area contributed by atoms with Crippen LogP contribution in [0.4, 0.5) is 8.78 Å². The van der Waals surface area contributed by atoms with Gasteiger partial charge in [-0.3, -0.25) is 4.79 Å². The van der Waals surface area contributed by atoms with Crippen LogP contribution in [0.15, 0.2) is 47.4 Å². The molecule has 138 valence electrons. The van der Waals surface area contributed by atoms with Gasteiger partial charge in [-0.15, -0.1) is 0 Å². The first-order chi connectivity index (χ1) is 12.3. The Balaban J connectivity index is 1.68. The van der Waals surface area contributed by atoms with Crippen LogP contribution < -0.4 is 9.46 Å². The number of benzene rings is 2. The van der Waals surface area contributed by atoms with Gasteiger partial charge in [0.05, 0.1) is 13.2 Å². The Morgan fingerprint density at radius 1 is 1.15 bits per heavy atom. The highest BCUT2D eigenvalue weighted by atomic mass is 32.2. The first kappa shape index (κ1) is 18.5. The molecule has 0 atom stereocenters. The predicted molar refractivity (Wildman–Crippen MR) is 90.5 cm³/mol. The minimum Gasteiger partial charge on any atom is -0.493 e. The molecule has 1 aliphatic rings. The first-order valence-corrected chi connectivity index (χ1v) is 9.54. The number of ether oxygens (including phenoxy) is 1. The molecule has 0 aliphatic heterocycles. The van der Waals surface area contributed by atoms with E-state index in [-0.39, 0.29) is 11.3 Å². The summed E-state index contributed by atoms with van der Waals surface area (Å²) in [5.74, 6) is -1.55. The summed E-state index contributed by atoms with van der Waals surface area (Å²) in [4.78, 5) is 11.7. The van der Waals surface area contributed by atoms with Crippen LogP contribution in [0.5, 0.6) is 5.75 Å². The molecular weight excluding hydrogens is 364 g/mol. The van der Waals surface area contributed by atoms with Crippen LogP contribution in [0.2, 0.25) is 0 Å². The molecule has 3 rings (SSSR count). The van der Waals surface area contributed by atoms with Gasteiger partial charge in [-0.2, -0.15) is 0 Å². The van der Waals surface area contributed by atoms with Gasteiger partial charge in [0.1, 0.15) is 22.3 Å². The van der Waals surface area contributed by atoms with Gasteiger partial charge in [-0.05, 0) is 43.0 Å². The summed E-state index contributed by atoms with van der Waals surface area (Å²) in [6.45, 7) is -0.167. The molecule has 2 aromatic rings. The molecule has 0 aromatic heterocycles. The highest BCUT2D eigenvalue weighted by Gasteiger charge is 2.23. The maximum absolute atomic E-state index is 13.7. The summed E-state index contributed by atoms with van der Waals surface area (Å²) in [5, 5.41) is 0. The standard InChI is InChI=1S/C18H17F2NO4S/c19-14-7-13(8-15(9-14)25-11-12-5-6-12)17(22)10-21-26(23,24)18-4-2-1-3-16(18)20/h1-4,7-9,12,21H,5-6,10-11H2.